The van der Waals surface area contributed by atoms with Crippen LogP contribution in [0.4, 0.5) is 0 Å². The molecule has 4 heterocycles. The van der Waals surface area contributed by atoms with Crippen molar-refractivity contribution in [1.82, 2.24) is 19.4 Å². The van der Waals surface area contributed by atoms with Crippen LogP contribution in [-0.4, -0.2) is 33.0 Å². The van der Waals surface area contributed by atoms with Crippen LogP contribution in [0.1, 0.15) is 24.2 Å². The Labute approximate surface area is 137 Å². The topological polar surface area (TPSA) is 34.0 Å². The second kappa shape index (κ2) is 6.50. The molecule has 0 bridgehead atoms. The van der Waals surface area contributed by atoms with Crippen LogP contribution < -0.4 is 0 Å². The van der Waals surface area contributed by atoms with Crippen molar-refractivity contribution in [2.24, 2.45) is 0 Å². The number of hydrogen-bond acceptors (Lipinski definition) is 3. The molecule has 0 saturated carbocycles. The van der Waals surface area contributed by atoms with Gasteiger partial charge in [-0.2, -0.15) is 0 Å². The molecule has 1 aliphatic heterocycles. The van der Waals surface area contributed by atoms with Crippen molar-refractivity contribution in [2.45, 2.75) is 33.4 Å². The predicted molar refractivity (Wildman–Crippen MR) is 94.4 cm³/mol. The average Bonchev–Trinajstić information content (AvgIpc) is 2.87. The number of aryl methyl sites for hydroxylation is 2. The van der Waals surface area contributed by atoms with Gasteiger partial charge in [0, 0.05) is 55.7 Å². The van der Waals surface area contributed by atoms with E-state index in [0.717, 1.165) is 32.5 Å². The van der Waals surface area contributed by atoms with Gasteiger partial charge in [-0.15, -0.1) is 0 Å². The number of pyridine rings is 2. The lowest BCUT2D eigenvalue weighted by Gasteiger charge is -2.24. The van der Waals surface area contributed by atoms with Crippen LogP contribution in [0.5, 0.6) is 0 Å². The third kappa shape index (κ3) is 2.86. The van der Waals surface area contributed by atoms with Gasteiger partial charge in [0.1, 0.15) is 0 Å². The maximum absolute atomic E-state index is 4.35. The lowest BCUT2D eigenvalue weighted by Crippen LogP contribution is -2.27. The fraction of sp³-hybridized carbons (Fsp3) is 0.368. The molecule has 0 spiro atoms. The summed E-state index contributed by atoms with van der Waals surface area (Å²) >= 11 is 0. The Morgan fingerprint density at radius 1 is 1.09 bits per heavy atom. The molecule has 4 rings (SSSR count). The summed E-state index contributed by atoms with van der Waals surface area (Å²) in [5.74, 6) is 0. The molecule has 0 radical (unpaired) electrons. The van der Waals surface area contributed by atoms with E-state index >= 15 is 0 Å². The quantitative estimate of drug-likeness (QED) is 0.744. The summed E-state index contributed by atoms with van der Waals surface area (Å²) in [6.07, 6.45) is 9.81. The summed E-state index contributed by atoms with van der Waals surface area (Å²) in [6.45, 7) is 3.18. The van der Waals surface area contributed by atoms with E-state index in [1.807, 2.05) is 24.8 Å². The minimum atomic E-state index is 0. The van der Waals surface area contributed by atoms with Gasteiger partial charge in [0.05, 0.1) is 11.7 Å². The van der Waals surface area contributed by atoms with E-state index in [1.165, 1.54) is 27.7 Å². The molecule has 0 atom stereocenters. The summed E-state index contributed by atoms with van der Waals surface area (Å²) in [4.78, 5) is 10.8. The lowest BCUT2D eigenvalue weighted by atomic mass is 10.1. The maximum atomic E-state index is 4.35. The fourth-order valence-electron chi connectivity index (χ4n) is 3.47. The molecule has 0 unspecified atom stereocenters. The van der Waals surface area contributed by atoms with Gasteiger partial charge in [0.2, 0.25) is 0 Å². The molecule has 0 N–H and O–H groups in total. The zero-order chi connectivity index (χ0) is 14.9. The Bertz CT molecular complexity index is 792. The molecular weight excluding hydrogens is 284 g/mol. The van der Waals surface area contributed by atoms with Crippen LogP contribution in [0.3, 0.4) is 0 Å². The van der Waals surface area contributed by atoms with E-state index in [1.54, 1.807) is 0 Å². The fourth-order valence-corrected chi connectivity index (χ4v) is 3.47. The Morgan fingerprint density at radius 2 is 1.87 bits per heavy atom. The Morgan fingerprint density at radius 3 is 2.70 bits per heavy atom. The van der Waals surface area contributed by atoms with Crippen molar-refractivity contribution in [2.75, 3.05) is 13.6 Å². The standard InChI is InChI=1S/C18H20N4.CH4/c1-21-10-6-17-16(13-21)15-4-9-20-12-18(15)22(17)11-5-14-2-7-19-8-3-14;/h2-4,7-9,12H,5-6,10-11,13H2,1H3;1H4. The van der Waals surface area contributed by atoms with Gasteiger partial charge >= 0.3 is 0 Å². The molecule has 0 saturated heterocycles. The molecular formula is C19H24N4. The zero-order valence-electron chi connectivity index (χ0n) is 12.9. The second-order valence-electron chi connectivity index (χ2n) is 6.06. The molecule has 0 fully saturated rings. The van der Waals surface area contributed by atoms with Gasteiger partial charge in [-0.1, -0.05) is 7.43 Å². The number of nitrogens with zero attached hydrogens (tertiary/aromatic N) is 4. The monoisotopic (exact) mass is 308 g/mol. The van der Waals surface area contributed by atoms with Gasteiger partial charge in [-0.25, -0.2) is 0 Å². The summed E-state index contributed by atoms with van der Waals surface area (Å²) in [7, 11) is 2.20. The van der Waals surface area contributed by atoms with Crippen molar-refractivity contribution in [3.8, 4) is 0 Å². The smallest absolute Gasteiger partial charge is 0.0672 e. The van der Waals surface area contributed by atoms with E-state index in [-0.39, 0.29) is 7.43 Å². The third-order valence-electron chi connectivity index (χ3n) is 4.62. The van der Waals surface area contributed by atoms with Crippen molar-refractivity contribution in [1.29, 1.82) is 0 Å². The molecule has 3 aromatic rings. The third-order valence-corrected chi connectivity index (χ3v) is 4.62. The first-order valence-corrected chi connectivity index (χ1v) is 7.84. The molecule has 1 aliphatic rings. The highest BCUT2D eigenvalue weighted by molar-refractivity contribution is 5.85. The van der Waals surface area contributed by atoms with E-state index in [2.05, 4.69) is 44.7 Å². The predicted octanol–water partition coefficient (Wildman–Crippen LogP) is 3.30. The largest absolute Gasteiger partial charge is 0.343 e. The number of rotatable bonds is 3. The first-order valence-electron chi connectivity index (χ1n) is 7.84. The van der Waals surface area contributed by atoms with E-state index < -0.39 is 0 Å². The molecule has 120 valence electrons. The van der Waals surface area contributed by atoms with E-state index in [9.17, 15) is 0 Å². The van der Waals surface area contributed by atoms with Crippen molar-refractivity contribution in [3.63, 3.8) is 0 Å². The van der Waals surface area contributed by atoms with Crippen molar-refractivity contribution >= 4 is 10.9 Å². The Hall–Kier alpha value is -2.20. The van der Waals surface area contributed by atoms with Gasteiger partial charge in [-0.05, 0) is 42.8 Å². The molecule has 23 heavy (non-hydrogen) atoms. The summed E-state index contributed by atoms with van der Waals surface area (Å²) < 4.78 is 2.48. The van der Waals surface area contributed by atoms with Crippen LogP contribution >= 0.6 is 0 Å². The molecule has 0 amide bonds. The highest BCUT2D eigenvalue weighted by Crippen LogP contribution is 2.30. The van der Waals surface area contributed by atoms with Crippen LogP contribution in [0.2, 0.25) is 0 Å². The van der Waals surface area contributed by atoms with E-state index in [0.29, 0.717) is 0 Å². The molecule has 0 aliphatic carbocycles. The van der Waals surface area contributed by atoms with Crippen LogP contribution in [0, 0.1) is 0 Å². The van der Waals surface area contributed by atoms with Gasteiger partial charge < -0.3 is 9.47 Å². The molecule has 0 aromatic carbocycles. The van der Waals surface area contributed by atoms with Gasteiger partial charge in [0.25, 0.3) is 0 Å². The minimum absolute atomic E-state index is 0. The second-order valence-corrected chi connectivity index (χ2v) is 6.06. The summed E-state index contributed by atoms with van der Waals surface area (Å²) in [6, 6.07) is 6.37. The average molecular weight is 308 g/mol. The van der Waals surface area contributed by atoms with Crippen molar-refractivity contribution in [3.05, 3.63) is 59.8 Å². The first-order chi connectivity index (χ1) is 10.8. The maximum Gasteiger partial charge on any atom is 0.0672 e. The minimum Gasteiger partial charge on any atom is -0.343 e. The Balaban J connectivity index is 0.00000156. The normalized spacial score (nSPS) is 14.5. The van der Waals surface area contributed by atoms with Crippen LogP contribution in [0.25, 0.3) is 10.9 Å². The Kier molecular flexibility index (Phi) is 4.44. The van der Waals surface area contributed by atoms with Crippen LogP contribution in [0.15, 0.2) is 43.0 Å². The molecule has 4 nitrogen and oxygen atoms in total. The highest BCUT2D eigenvalue weighted by Gasteiger charge is 2.21. The SMILES string of the molecule is C.CN1CCc2c(c3ccncc3n2CCc2ccncc2)C1. The number of fused-ring (bicyclic) bond motifs is 3. The zero-order valence-corrected chi connectivity index (χ0v) is 12.9. The molecule has 3 aromatic heterocycles. The summed E-state index contributed by atoms with van der Waals surface area (Å²) in [5.41, 5.74) is 5.59. The number of aromatic nitrogens is 3. The van der Waals surface area contributed by atoms with Crippen molar-refractivity contribution < 1.29 is 0 Å². The van der Waals surface area contributed by atoms with E-state index in [4.69, 9.17) is 0 Å². The van der Waals surface area contributed by atoms with Gasteiger partial charge in [-0.3, -0.25) is 9.97 Å². The molecule has 4 heteroatoms. The first kappa shape index (κ1) is 15.7. The number of likely N-dealkylation sites (N-methyl/N-ethyl adjacent to an activating group) is 1. The highest BCUT2D eigenvalue weighted by atomic mass is 15.1. The number of hydrogen-bond donors (Lipinski definition) is 0. The van der Waals surface area contributed by atoms with Crippen LogP contribution in [-0.2, 0) is 25.9 Å². The lowest BCUT2D eigenvalue weighted by molar-refractivity contribution is 0.309. The summed E-state index contributed by atoms with van der Waals surface area (Å²) in [5, 5.41) is 1.37. The van der Waals surface area contributed by atoms with Gasteiger partial charge in [0.15, 0.2) is 0 Å².